The molecule has 0 spiro atoms. The molecule has 0 aromatic carbocycles. The van der Waals surface area contributed by atoms with Crippen LogP contribution in [-0.2, 0) is 0 Å². The fraction of sp³-hybridized carbons (Fsp3) is 0.714. The molecule has 18 heavy (non-hydrogen) atoms. The van der Waals surface area contributed by atoms with Crippen LogP contribution in [0.2, 0.25) is 0 Å². The lowest BCUT2D eigenvalue weighted by Gasteiger charge is -2.41. The molecule has 4 nitrogen and oxygen atoms in total. The van der Waals surface area contributed by atoms with E-state index in [0.717, 1.165) is 25.9 Å². The molecule has 0 atom stereocenters. The van der Waals surface area contributed by atoms with E-state index in [0.29, 0.717) is 0 Å². The Kier molecular flexibility index (Phi) is 3.69. The van der Waals surface area contributed by atoms with Crippen molar-refractivity contribution in [1.29, 1.82) is 0 Å². The van der Waals surface area contributed by atoms with E-state index in [2.05, 4.69) is 66.9 Å². The Morgan fingerprint density at radius 1 is 1.06 bits per heavy atom. The molecule has 0 aromatic rings. The molecule has 0 fully saturated rings. The minimum Gasteiger partial charge on any atom is -0.326 e. The van der Waals surface area contributed by atoms with Gasteiger partial charge in [0.15, 0.2) is 0 Å². The fourth-order valence-corrected chi connectivity index (χ4v) is 2.42. The minimum absolute atomic E-state index is 0.150. The molecule has 0 amide bonds. The van der Waals surface area contributed by atoms with E-state index in [1.54, 1.807) is 0 Å². The van der Waals surface area contributed by atoms with Gasteiger partial charge < -0.3 is 10.4 Å². The summed E-state index contributed by atoms with van der Waals surface area (Å²) in [6.07, 6.45) is 10.8. The number of hydrazine groups is 2. The van der Waals surface area contributed by atoms with E-state index in [9.17, 15) is 0 Å². The maximum atomic E-state index is 3.38. The van der Waals surface area contributed by atoms with Crippen LogP contribution in [0.25, 0.3) is 0 Å². The van der Waals surface area contributed by atoms with Crippen molar-refractivity contribution in [1.82, 2.24) is 20.9 Å². The average Bonchev–Trinajstić information content (AvgIpc) is 2.99. The van der Waals surface area contributed by atoms with Crippen LogP contribution in [0.1, 0.15) is 40.5 Å². The number of nitrogens with zero attached hydrogens (tertiary/aromatic N) is 2. The Hall–Kier alpha value is -1.00. The molecular weight excluding hydrogens is 224 g/mol. The number of hydrogen-bond donors (Lipinski definition) is 2. The molecule has 0 aliphatic carbocycles. The van der Waals surface area contributed by atoms with Gasteiger partial charge in [-0.1, -0.05) is 12.2 Å². The first-order chi connectivity index (χ1) is 8.42. The topological polar surface area (TPSA) is 30.5 Å². The number of rotatable bonds is 5. The van der Waals surface area contributed by atoms with Crippen LogP contribution in [0.3, 0.4) is 0 Å². The zero-order chi connectivity index (χ0) is 13.2. The van der Waals surface area contributed by atoms with Crippen LogP contribution in [0, 0.1) is 0 Å². The van der Waals surface area contributed by atoms with Gasteiger partial charge >= 0.3 is 0 Å². The van der Waals surface area contributed by atoms with Crippen molar-refractivity contribution in [3.8, 4) is 0 Å². The summed E-state index contributed by atoms with van der Waals surface area (Å²) in [5.41, 5.74) is 7.02. The molecule has 2 heterocycles. The minimum atomic E-state index is 0.150. The van der Waals surface area contributed by atoms with Gasteiger partial charge in [-0.25, -0.2) is 10.4 Å². The summed E-state index contributed by atoms with van der Waals surface area (Å²) in [6.45, 7) is 11.1. The smallest absolute Gasteiger partial charge is 0.0501 e. The van der Waals surface area contributed by atoms with E-state index >= 15 is 0 Å². The summed E-state index contributed by atoms with van der Waals surface area (Å²) in [5, 5.41) is 4.54. The van der Waals surface area contributed by atoms with Gasteiger partial charge in [-0.2, -0.15) is 0 Å². The van der Waals surface area contributed by atoms with Gasteiger partial charge in [0.2, 0.25) is 0 Å². The molecule has 0 saturated heterocycles. The first kappa shape index (κ1) is 13.4. The number of hydrogen-bond acceptors (Lipinski definition) is 4. The summed E-state index contributed by atoms with van der Waals surface area (Å²) in [6, 6.07) is 0. The van der Waals surface area contributed by atoms with Crippen molar-refractivity contribution >= 4 is 0 Å². The highest BCUT2D eigenvalue weighted by molar-refractivity contribution is 4.99. The molecule has 0 aromatic heterocycles. The lowest BCUT2D eigenvalue weighted by atomic mass is 9.88. The van der Waals surface area contributed by atoms with Crippen molar-refractivity contribution in [2.24, 2.45) is 0 Å². The SMILES string of the molecule is CC(C)(CCC(C)(C)N1CC=CN1)N1C=CCN1. The zero-order valence-electron chi connectivity index (χ0n) is 12.0. The molecule has 0 radical (unpaired) electrons. The van der Waals surface area contributed by atoms with Gasteiger partial charge in [0.05, 0.1) is 5.54 Å². The van der Waals surface area contributed by atoms with Crippen LogP contribution < -0.4 is 10.9 Å². The van der Waals surface area contributed by atoms with Gasteiger partial charge in [0.25, 0.3) is 0 Å². The highest BCUT2D eigenvalue weighted by Gasteiger charge is 2.32. The van der Waals surface area contributed by atoms with Crippen LogP contribution in [0.5, 0.6) is 0 Å². The Bertz CT molecular complexity index is 336. The Labute approximate surface area is 111 Å². The first-order valence-electron chi connectivity index (χ1n) is 6.80. The van der Waals surface area contributed by atoms with Gasteiger partial charge in [-0.15, -0.1) is 0 Å². The lowest BCUT2D eigenvalue weighted by Crippen LogP contribution is -2.51. The second kappa shape index (κ2) is 4.94. The Balaban J connectivity index is 1.87. The predicted molar refractivity (Wildman–Crippen MR) is 75.4 cm³/mol. The second-order valence-corrected chi connectivity index (χ2v) is 6.38. The molecule has 0 saturated carbocycles. The largest absolute Gasteiger partial charge is 0.326 e. The summed E-state index contributed by atoms with van der Waals surface area (Å²) >= 11 is 0. The standard InChI is InChI=1S/C14H26N4/c1-13(2,17-11-5-9-15-17)7-8-14(3,4)18-12-6-10-16-18/h5-6,9,12,15-16H,7-8,10-11H2,1-4H3. The Morgan fingerprint density at radius 3 is 2.33 bits per heavy atom. The van der Waals surface area contributed by atoms with Crippen LogP contribution in [0.4, 0.5) is 0 Å². The third-order valence-corrected chi connectivity index (χ3v) is 4.00. The predicted octanol–water partition coefficient (Wildman–Crippen LogP) is 1.99. The molecule has 2 aliphatic heterocycles. The van der Waals surface area contributed by atoms with Crippen LogP contribution in [0.15, 0.2) is 24.6 Å². The van der Waals surface area contributed by atoms with Crippen molar-refractivity contribution in [2.75, 3.05) is 13.1 Å². The summed E-state index contributed by atoms with van der Waals surface area (Å²) in [5.74, 6) is 0. The maximum absolute atomic E-state index is 3.38. The molecule has 2 aliphatic rings. The fourth-order valence-electron chi connectivity index (χ4n) is 2.42. The third-order valence-electron chi connectivity index (χ3n) is 4.00. The maximum Gasteiger partial charge on any atom is 0.0501 e. The number of nitrogens with one attached hydrogen (secondary N) is 2. The summed E-state index contributed by atoms with van der Waals surface area (Å²) in [7, 11) is 0. The first-order valence-corrected chi connectivity index (χ1v) is 6.80. The van der Waals surface area contributed by atoms with Crippen molar-refractivity contribution in [3.05, 3.63) is 24.6 Å². The van der Waals surface area contributed by atoms with Crippen molar-refractivity contribution in [2.45, 2.75) is 51.6 Å². The molecule has 0 unspecified atom stereocenters. The van der Waals surface area contributed by atoms with Gasteiger partial charge in [-0.3, -0.25) is 0 Å². The van der Waals surface area contributed by atoms with Crippen molar-refractivity contribution in [3.63, 3.8) is 0 Å². The molecule has 2 rings (SSSR count). The van der Waals surface area contributed by atoms with Gasteiger partial charge in [-0.05, 0) is 40.5 Å². The van der Waals surface area contributed by atoms with Crippen LogP contribution in [-0.4, -0.2) is 34.2 Å². The third kappa shape index (κ3) is 2.87. The molecule has 4 heteroatoms. The molecular formula is C14H26N4. The quantitative estimate of drug-likeness (QED) is 0.781. The van der Waals surface area contributed by atoms with Gasteiger partial charge in [0.1, 0.15) is 0 Å². The van der Waals surface area contributed by atoms with Crippen LogP contribution >= 0.6 is 0 Å². The lowest BCUT2D eigenvalue weighted by molar-refractivity contribution is 0.0635. The van der Waals surface area contributed by atoms with E-state index < -0.39 is 0 Å². The highest BCUT2D eigenvalue weighted by Crippen LogP contribution is 2.28. The average molecular weight is 250 g/mol. The normalized spacial score (nSPS) is 20.8. The van der Waals surface area contributed by atoms with E-state index in [1.165, 1.54) is 0 Å². The zero-order valence-corrected chi connectivity index (χ0v) is 12.0. The molecule has 2 N–H and O–H groups in total. The Morgan fingerprint density at radius 2 is 1.78 bits per heavy atom. The van der Waals surface area contributed by atoms with E-state index in [-0.39, 0.29) is 11.1 Å². The van der Waals surface area contributed by atoms with Gasteiger partial charge in [0, 0.05) is 31.0 Å². The monoisotopic (exact) mass is 250 g/mol. The van der Waals surface area contributed by atoms with E-state index in [1.807, 2.05) is 6.20 Å². The molecule has 0 bridgehead atoms. The summed E-state index contributed by atoms with van der Waals surface area (Å²) in [4.78, 5) is 0. The highest BCUT2D eigenvalue weighted by atomic mass is 15.5. The summed E-state index contributed by atoms with van der Waals surface area (Å²) < 4.78 is 0. The second-order valence-electron chi connectivity index (χ2n) is 6.38. The molecule has 102 valence electrons. The van der Waals surface area contributed by atoms with Crippen molar-refractivity contribution < 1.29 is 0 Å². The van der Waals surface area contributed by atoms with E-state index in [4.69, 9.17) is 0 Å².